The molecule has 5 aliphatic heterocycles. The molecule has 136 valence electrons. The van der Waals surface area contributed by atoms with Gasteiger partial charge < -0.3 is 20.1 Å². The number of piperidine rings is 4. The highest BCUT2D eigenvalue weighted by Crippen LogP contribution is 2.67. The molecule has 0 aromatic heterocycles. The number of carbonyl (C=O) groups is 1. The van der Waals surface area contributed by atoms with Crippen LogP contribution in [0.3, 0.4) is 0 Å². The average Bonchev–Trinajstić information content (AvgIpc) is 3.13. The van der Waals surface area contributed by atoms with Crippen molar-refractivity contribution in [2.45, 2.75) is 49.4 Å². The van der Waals surface area contributed by atoms with Crippen molar-refractivity contribution in [2.24, 2.45) is 11.3 Å². The number of esters is 1. The van der Waals surface area contributed by atoms with Gasteiger partial charge >= 0.3 is 5.97 Å². The van der Waals surface area contributed by atoms with Gasteiger partial charge in [-0.15, -0.1) is 0 Å². The Balaban J connectivity index is 1.65. The van der Waals surface area contributed by atoms with Crippen LogP contribution in [0, 0.1) is 11.3 Å². The van der Waals surface area contributed by atoms with E-state index in [0.29, 0.717) is 6.04 Å². The SMILES string of the molecule is C/C=C1\C[NH+]2[C@@H]3C[C@H]1[C@]1(C(=O)OC)[C@H](O)[C@@]4(C[C@@H]21)c1ccccc1N[C@@H]34. The van der Waals surface area contributed by atoms with E-state index < -0.39 is 11.5 Å². The Labute approximate surface area is 153 Å². The van der Waals surface area contributed by atoms with Gasteiger partial charge in [-0.3, -0.25) is 4.79 Å². The van der Waals surface area contributed by atoms with Crippen molar-refractivity contribution >= 4 is 11.7 Å². The lowest BCUT2D eigenvalue weighted by atomic mass is 9.58. The first-order chi connectivity index (χ1) is 12.6. The largest absolute Gasteiger partial charge is 0.468 e. The molecule has 5 heterocycles. The molecule has 3 N–H and O–H groups in total. The molecule has 5 nitrogen and oxygen atoms in total. The third-order valence-corrected chi connectivity index (χ3v) is 8.51. The number of nitrogens with one attached hydrogen (secondary N) is 2. The summed E-state index contributed by atoms with van der Waals surface area (Å²) in [5, 5.41) is 15.7. The van der Waals surface area contributed by atoms with Crippen LogP contribution >= 0.6 is 0 Å². The number of fused-ring (bicyclic) bond motifs is 2. The van der Waals surface area contributed by atoms with Crippen molar-refractivity contribution in [3.8, 4) is 0 Å². The average molecular weight is 353 g/mol. The van der Waals surface area contributed by atoms with E-state index >= 15 is 0 Å². The third-order valence-electron chi connectivity index (χ3n) is 8.51. The summed E-state index contributed by atoms with van der Waals surface area (Å²) >= 11 is 0. The number of anilines is 1. The molecular formula is C21H25N2O3+. The maximum atomic E-state index is 13.3. The first kappa shape index (κ1) is 15.2. The molecule has 1 unspecified atom stereocenters. The standard InChI is InChI=1S/C21H24N2O3/c1-3-11-10-23-15-8-13(11)21(19(25)26-2)16(23)9-20(18(21)24)12-6-4-5-7-14(12)22-17(15)20/h3-7,13,15-18,22,24H,8-10H2,1-2H3/p+1/b11-3+/t13-,15-,16-,17+,18-,20+,21-/m1/s1. The van der Waals surface area contributed by atoms with Crippen LogP contribution in [0.25, 0.3) is 0 Å². The summed E-state index contributed by atoms with van der Waals surface area (Å²) < 4.78 is 5.35. The van der Waals surface area contributed by atoms with E-state index in [2.05, 4.69) is 36.5 Å². The van der Waals surface area contributed by atoms with Gasteiger partial charge in [-0.25, -0.2) is 0 Å². The predicted molar refractivity (Wildman–Crippen MR) is 95.9 cm³/mol. The Hall–Kier alpha value is -1.85. The van der Waals surface area contributed by atoms with E-state index in [-0.39, 0.29) is 29.4 Å². The number of aliphatic hydroxyl groups excluding tert-OH is 1. The van der Waals surface area contributed by atoms with Gasteiger partial charge in [0.2, 0.25) is 0 Å². The number of rotatable bonds is 1. The minimum atomic E-state index is -0.811. The quantitative estimate of drug-likeness (QED) is 0.501. The molecule has 26 heavy (non-hydrogen) atoms. The first-order valence-electron chi connectivity index (χ1n) is 9.73. The second kappa shape index (κ2) is 4.52. The van der Waals surface area contributed by atoms with Crippen LogP contribution in [0.15, 0.2) is 35.9 Å². The number of benzene rings is 1. The molecule has 8 atom stereocenters. The minimum Gasteiger partial charge on any atom is -0.468 e. The summed E-state index contributed by atoms with van der Waals surface area (Å²) in [6.45, 7) is 3.06. The molecule has 5 fully saturated rings. The summed E-state index contributed by atoms with van der Waals surface area (Å²) in [7, 11) is 1.47. The molecule has 7 rings (SSSR count). The highest BCUT2D eigenvalue weighted by Gasteiger charge is 2.84. The Kier molecular flexibility index (Phi) is 2.65. The third kappa shape index (κ3) is 1.28. The molecule has 1 aliphatic carbocycles. The smallest absolute Gasteiger partial charge is 0.321 e. The number of carbonyl (C=O) groups excluding carboxylic acids is 1. The molecular weight excluding hydrogens is 328 g/mol. The van der Waals surface area contributed by atoms with E-state index in [1.54, 1.807) is 0 Å². The molecule has 1 saturated carbocycles. The van der Waals surface area contributed by atoms with E-state index in [0.717, 1.165) is 25.1 Å². The van der Waals surface area contributed by atoms with Gasteiger partial charge in [0.05, 0.1) is 31.2 Å². The number of para-hydroxylation sites is 1. The zero-order chi connectivity index (χ0) is 17.8. The van der Waals surface area contributed by atoms with Crippen molar-refractivity contribution < 1.29 is 19.5 Å². The van der Waals surface area contributed by atoms with Gasteiger partial charge in [-0.1, -0.05) is 24.3 Å². The normalized spacial score (nSPS) is 50.5. The molecule has 4 saturated heterocycles. The van der Waals surface area contributed by atoms with Crippen LogP contribution in [-0.2, 0) is 14.9 Å². The highest BCUT2D eigenvalue weighted by molar-refractivity contribution is 5.83. The summed E-state index contributed by atoms with van der Waals surface area (Å²) in [5.74, 6) is -0.113. The van der Waals surface area contributed by atoms with Crippen LogP contribution in [0.4, 0.5) is 5.69 Å². The number of hydrogen-bond donors (Lipinski definition) is 3. The predicted octanol–water partition coefficient (Wildman–Crippen LogP) is 0.258. The van der Waals surface area contributed by atoms with Crippen molar-refractivity contribution in [2.75, 3.05) is 19.0 Å². The van der Waals surface area contributed by atoms with Crippen molar-refractivity contribution in [3.63, 3.8) is 0 Å². The summed E-state index contributed by atoms with van der Waals surface area (Å²) in [6.07, 6.45) is 3.26. The van der Waals surface area contributed by atoms with Gasteiger partial charge in [0, 0.05) is 24.4 Å². The van der Waals surface area contributed by atoms with Crippen LogP contribution in [0.5, 0.6) is 0 Å². The fourth-order valence-electron chi connectivity index (χ4n) is 7.76. The zero-order valence-corrected chi connectivity index (χ0v) is 15.2. The number of quaternary nitrogens is 1. The molecule has 1 aromatic carbocycles. The van der Waals surface area contributed by atoms with Gasteiger partial charge in [0.1, 0.15) is 12.1 Å². The number of allylic oxidation sites excluding steroid dienone is 1. The Morgan fingerprint density at radius 3 is 3.00 bits per heavy atom. The van der Waals surface area contributed by atoms with Gasteiger partial charge in [0.25, 0.3) is 0 Å². The van der Waals surface area contributed by atoms with E-state index in [4.69, 9.17) is 4.74 Å². The molecule has 1 aromatic rings. The molecule has 6 aliphatic rings. The van der Waals surface area contributed by atoms with Crippen molar-refractivity contribution in [3.05, 3.63) is 41.5 Å². The van der Waals surface area contributed by atoms with Crippen molar-refractivity contribution in [1.82, 2.24) is 0 Å². The lowest BCUT2D eigenvalue weighted by Crippen LogP contribution is -3.26. The number of methoxy groups -OCH3 is 1. The topological polar surface area (TPSA) is 63.0 Å². The fourth-order valence-corrected chi connectivity index (χ4v) is 7.76. The Morgan fingerprint density at radius 1 is 1.42 bits per heavy atom. The highest BCUT2D eigenvalue weighted by atomic mass is 16.5. The second-order valence-corrected chi connectivity index (χ2v) is 8.80. The second-order valence-electron chi connectivity index (χ2n) is 8.80. The van der Waals surface area contributed by atoms with Crippen LogP contribution in [0.2, 0.25) is 0 Å². The van der Waals surface area contributed by atoms with Crippen LogP contribution < -0.4 is 10.2 Å². The van der Waals surface area contributed by atoms with Gasteiger partial charge in [-0.05, 0) is 24.1 Å². The summed E-state index contributed by atoms with van der Waals surface area (Å²) in [5.41, 5.74) is 2.47. The van der Waals surface area contributed by atoms with Crippen LogP contribution in [0.1, 0.15) is 25.3 Å². The number of aliphatic hydroxyl groups is 1. The molecule has 5 bridgehead atoms. The lowest BCUT2D eigenvalue weighted by molar-refractivity contribution is -0.970. The van der Waals surface area contributed by atoms with E-state index in [1.165, 1.54) is 23.1 Å². The molecule has 1 spiro atoms. The minimum absolute atomic E-state index is 0.0985. The monoisotopic (exact) mass is 353 g/mol. The van der Waals surface area contributed by atoms with Crippen LogP contribution in [-0.4, -0.2) is 49.0 Å². The lowest BCUT2D eigenvalue weighted by Gasteiger charge is -2.57. The first-order valence-corrected chi connectivity index (χ1v) is 9.73. The van der Waals surface area contributed by atoms with E-state index in [9.17, 15) is 9.90 Å². The maximum absolute atomic E-state index is 13.3. The maximum Gasteiger partial charge on any atom is 0.321 e. The summed E-state index contributed by atoms with van der Waals surface area (Å²) in [4.78, 5) is 14.7. The molecule has 0 amide bonds. The van der Waals surface area contributed by atoms with Crippen molar-refractivity contribution in [1.29, 1.82) is 0 Å². The molecule has 0 radical (unpaired) electrons. The Morgan fingerprint density at radius 2 is 2.23 bits per heavy atom. The van der Waals surface area contributed by atoms with E-state index in [1.807, 2.05) is 6.07 Å². The number of ether oxygens (including phenoxy) is 1. The number of hydrogen-bond acceptors (Lipinski definition) is 4. The van der Waals surface area contributed by atoms with Gasteiger partial charge in [-0.2, -0.15) is 0 Å². The fraction of sp³-hybridized carbons (Fsp3) is 0.571. The Bertz CT molecular complexity index is 867. The zero-order valence-electron chi connectivity index (χ0n) is 15.2. The molecule has 5 heteroatoms. The van der Waals surface area contributed by atoms with Gasteiger partial charge in [0.15, 0.2) is 5.41 Å². The summed E-state index contributed by atoms with van der Waals surface area (Å²) in [6, 6.07) is 9.12.